The molecule has 1 N–H and O–H groups in total. The van der Waals surface area contributed by atoms with Gasteiger partial charge in [0.25, 0.3) is 0 Å². The second-order valence-electron chi connectivity index (χ2n) is 4.01. The molecule has 1 rings (SSSR count). The van der Waals surface area contributed by atoms with Crippen molar-refractivity contribution in [3.63, 3.8) is 0 Å². The zero-order valence-electron chi connectivity index (χ0n) is 10.0. The number of carbonyl (C=O) groups excluding carboxylic acids is 1. The number of alkyl halides is 1. The van der Waals surface area contributed by atoms with Gasteiger partial charge in [-0.05, 0) is 24.5 Å². The second-order valence-corrected chi connectivity index (χ2v) is 4.39. The molecular formula is C13H16ClF2NO. The molecule has 0 heterocycles. The summed E-state index contributed by atoms with van der Waals surface area (Å²) in [6.45, 7) is 0.554. The summed E-state index contributed by atoms with van der Waals surface area (Å²) in [7, 11) is 0. The molecule has 0 saturated heterocycles. The van der Waals surface area contributed by atoms with Gasteiger partial charge in [0.15, 0.2) is 0 Å². The van der Waals surface area contributed by atoms with Crippen LogP contribution in [-0.2, 0) is 11.2 Å². The van der Waals surface area contributed by atoms with Gasteiger partial charge in [-0.2, -0.15) is 0 Å². The third-order valence-corrected chi connectivity index (χ3v) is 2.77. The van der Waals surface area contributed by atoms with Gasteiger partial charge < -0.3 is 5.32 Å². The molecular weight excluding hydrogens is 260 g/mol. The third kappa shape index (κ3) is 5.45. The molecule has 0 atom stereocenters. The lowest BCUT2D eigenvalue weighted by molar-refractivity contribution is -0.120. The molecule has 1 aromatic rings. The van der Waals surface area contributed by atoms with Gasteiger partial charge in [-0.3, -0.25) is 4.79 Å². The lowest BCUT2D eigenvalue weighted by Gasteiger charge is -2.06. The topological polar surface area (TPSA) is 29.1 Å². The van der Waals surface area contributed by atoms with Gasteiger partial charge in [0, 0.05) is 18.5 Å². The Hall–Kier alpha value is -1.16. The summed E-state index contributed by atoms with van der Waals surface area (Å²) in [5, 5.41) is 2.69. The standard InChI is InChI=1S/C13H16ClF2NO/c14-6-2-1-3-7-17-13(18)8-10-4-5-11(15)9-12(10)16/h4-5,9H,1-3,6-8H2,(H,17,18). The van der Waals surface area contributed by atoms with Crippen LogP contribution in [0.1, 0.15) is 24.8 Å². The molecule has 0 fully saturated rings. The zero-order chi connectivity index (χ0) is 13.4. The van der Waals surface area contributed by atoms with E-state index in [1.807, 2.05) is 0 Å². The predicted molar refractivity (Wildman–Crippen MR) is 67.6 cm³/mol. The van der Waals surface area contributed by atoms with Gasteiger partial charge in [-0.15, -0.1) is 11.6 Å². The van der Waals surface area contributed by atoms with Crippen LogP contribution in [0.3, 0.4) is 0 Å². The Kier molecular flexibility index (Phi) is 6.65. The fourth-order valence-corrected chi connectivity index (χ4v) is 1.71. The average Bonchev–Trinajstić information content (AvgIpc) is 2.32. The molecule has 0 aliphatic heterocycles. The maximum atomic E-state index is 13.3. The monoisotopic (exact) mass is 275 g/mol. The van der Waals surface area contributed by atoms with Crippen molar-refractivity contribution in [2.45, 2.75) is 25.7 Å². The average molecular weight is 276 g/mol. The summed E-state index contributed by atoms with van der Waals surface area (Å²) in [4.78, 5) is 11.5. The van der Waals surface area contributed by atoms with Crippen molar-refractivity contribution in [3.8, 4) is 0 Å². The van der Waals surface area contributed by atoms with Gasteiger partial charge >= 0.3 is 0 Å². The van der Waals surface area contributed by atoms with Crippen LogP contribution in [0.2, 0.25) is 0 Å². The summed E-state index contributed by atoms with van der Waals surface area (Å²) < 4.78 is 25.9. The summed E-state index contributed by atoms with van der Waals surface area (Å²) in [5.41, 5.74) is 0.203. The third-order valence-electron chi connectivity index (χ3n) is 2.50. The molecule has 0 spiro atoms. The number of carbonyl (C=O) groups is 1. The van der Waals surface area contributed by atoms with Crippen molar-refractivity contribution in [1.29, 1.82) is 0 Å². The maximum Gasteiger partial charge on any atom is 0.224 e. The highest BCUT2D eigenvalue weighted by molar-refractivity contribution is 6.17. The van der Waals surface area contributed by atoms with Gasteiger partial charge in [0.2, 0.25) is 5.91 Å². The highest BCUT2D eigenvalue weighted by Gasteiger charge is 2.08. The lowest BCUT2D eigenvalue weighted by atomic mass is 10.1. The molecule has 0 saturated carbocycles. The largest absolute Gasteiger partial charge is 0.356 e. The van der Waals surface area contributed by atoms with Crippen LogP contribution in [-0.4, -0.2) is 18.3 Å². The highest BCUT2D eigenvalue weighted by atomic mass is 35.5. The Labute approximate surface area is 110 Å². The van der Waals surface area contributed by atoms with E-state index < -0.39 is 11.6 Å². The van der Waals surface area contributed by atoms with Crippen molar-refractivity contribution in [1.82, 2.24) is 5.32 Å². The van der Waals surface area contributed by atoms with E-state index in [0.717, 1.165) is 31.4 Å². The molecule has 18 heavy (non-hydrogen) atoms. The number of halogens is 3. The molecule has 0 aliphatic carbocycles. The molecule has 2 nitrogen and oxygen atoms in total. The number of nitrogens with one attached hydrogen (secondary N) is 1. The first-order valence-corrected chi connectivity index (χ1v) is 6.43. The number of unbranched alkanes of at least 4 members (excludes halogenated alkanes) is 2. The van der Waals surface area contributed by atoms with Gasteiger partial charge in [-0.1, -0.05) is 12.5 Å². The Bertz CT molecular complexity index is 399. The first-order valence-electron chi connectivity index (χ1n) is 5.90. The van der Waals surface area contributed by atoms with Gasteiger partial charge in [-0.25, -0.2) is 8.78 Å². The molecule has 0 aliphatic rings. The first kappa shape index (κ1) is 14.9. The highest BCUT2D eigenvalue weighted by Crippen LogP contribution is 2.10. The van der Waals surface area contributed by atoms with Crippen LogP contribution in [0.4, 0.5) is 8.78 Å². The summed E-state index contributed by atoms with van der Waals surface area (Å²) >= 11 is 5.52. The molecule has 0 unspecified atom stereocenters. The van der Waals surface area contributed by atoms with Crippen molar-refractivity contribution in [2.75, 3.05) is 12.4 Å². The lowest BCUT2D eigenvalue weighted by Crippen LogP contribution is -2.26. The van der Waals surface area contributed by atoms with Crippen LogP contribution >= 0.6 is 11.6 Å². The van der Waals surface area contributed by atoms with Crippen molar-refractivity contribution in [2.24, 2.45) is 0 Å². The number of hydrogen-bond acceptors (Lipinski definition) is 1. The van der Waals surface area contributed by atoms with E-state index in [4.69, 9.17) is 11.6 Å². The van der Waals surface area contributed by atoms with Crippen molar-refractivity contribution in [3.05, 3.63) is 35.4 Å². The Balaban J connectivity index is 2.31. The van der Waals surface area contributed by atoms with Crippen LogP contribution < -0.4 is 5.32 Å². The normalized spacial score (nSPS) is 10.4. The fraction of sp³-hybridized carbons (Fsp3) is 0.462. The summed E-state index contributed by atoms with van der Waals surface area (Å²) in [6, 6.07) is 3.22. The fourth-order valence-electron chi connectivity index (χ4n) is 1.52. The quantitative estimate of drug-likeness (QED) is 0.601. The van der Waals surface area contributed by atoms with Crippen LogP contribution in [0, 0.1) is 11.6 Å². The molecule has 1 amide bonds. The SMILES string of the molecule is O=C(Cc1ccc(F)cc1F)NCCCCCCl. The van der Waals surface area contributed by atoms with E-state index in [1.165, 1.54) is 6.07 Å². The minimum Gasteiger partial charge on any atom is -0.356 e. The van der Waals surface area contributed by atoms with Crippen LogP contribution in [0.5, 0.6) is 0 Å². The Morgan fingerprint density at radius 2 is 2.00 bits per heavy atom. The number of rotatable bonds is 7. The number of benzene rings is 1. The second kappa shape index (κ2) is 8.03. The van der Waals surface area contributed by atoms with E-state index in [0.29, 0.717) is 12.4 Å². The molecule has 100 valence electrons. The molecule has 5 heteroatoms. The minimum atomic E-state index is -0.688. The molecule has 0 aromatic heterocycles. The van der Waals surface area contributed by atoms with E-state index in [9.17, 15) is 13.6 Å². The molecule has 0 radical (unpaired) electrons. The van der Waals surface area contributed by atoms with E-state index in [2.05, 4.69) is 5.32 Å². The van der Waals surface area contributed by atoms with Crippen LogP contribution in [0.15, 0.2) is 18.2 Å². The Morgan fingerprint density at radius 3 is 2.67 bits per heavy atom. The summed E-state index contributed by atoms with van der Waals surface area (Å²) in [5.74, 6) is -0.967. The van der Waals surface area contributed by atoms with Crippen LogP contribution in [0.25, 0.3) is 0 Å². The molecule has 1 aromatic carbocycles. The Morgan fingerprint density at radius 1 is 1.22 bits per heavy atom. The van der Waals surface area contributed by atoms with Gasteiger partial charge in [0.1, 0.15) is 11.6 Å². The smallest absolute Gasteiger partial charge is 0.224 e. The number of amides is 1. The van der Waals surface area contributed by atoms with E-state index in [-0.39, 0.29) is 17.9 Å². The minimum absolute atomic E-state index is 0.0678. The predicted octanol–water partition coefficient (Wildman–Crippen LogP) is 3.03. The van der Waals surface area contributed by atoms with Crippen molar-refractivity contribution >= 4 is 17.5 Å². The molecule has 0 bridgehead atoms. The van der Waals surface area contributed by atoms with Crippen molar-refractivity contribution < 1.29 is 13.6 Å². The zero-order valence-corrected chi connectivity index (χ0v) is 10.8. The van der Waals surface area contributed by atoms with Gasteiger partial charge in [0.05, 0.1) is 6.42 Å². The van der Waals surface area contributed by atoms with E-state index >= 15 is 0 Å². The number of hydrogen-bond donors (Lipinski definition) is 1. The summed E-state index contributed by atoms with van der Waals surface area (Å²) in [6.07, 6.45) is 2.66. The maximum absolute atomic E-state index is 13.3. The van der Waals surface area contributed by atoms with E-state index in [1.54, 1.807) is 0 Å². The first-order chi connectivity index (χ1) is 8.63.